The Morgan fingerprint density at radius 3 is 2.24 bits per heavy atom. The zero-order chi connectivity index (χ0) is 15.5. The number of piperazine rings is 1. The van der Waals surface area contributed by atoms with Gasteiger partial charge in [0.2, 0.25) is 0 Å². The molecular weight excluding hydrogens is 266 g/mol. The van der Waals surface area contributed by atoms with Crippen LogP contribution < -0.4 is 10.6 Å². The van der Waals surface area contributed by atoms with E-state index < -0.39 is 5.60 Å². The summed E-state index contributed by atoms with van der Waals surface area (Å²) < 4.78 is 5.36. The van der Waals surface area contributed by atoms with E-state index in [4.69, 9.17) is 10.5 Å². The third kappa shape index (κ3) is 4.93. The Kier molecular flexibility index (Phi) is 4.73. The molecule has 1 saturated heterocycles. The highest BCUT2D eigenvalue weighted by Crippen LogP contribution is 2.18. The van der Waals surface area contributed by atoms with Gasteiger partial charge in [0, 0.05) is 37.6 Å². The van der Waals surface area contributed by atoms with Crippen LogP contribution in [0.25, 0.3) is 0 Å². The number of nitrogens with zero attached hydrogens (tertiary/aromatic N) is 2. The fourth-order valence-corrected chi connectivity index (χ4v) is 2.41. The summed E-state index contributed by atoms with van der Waals surface area (Å²) in [5.41, 5.74) is 7.25. The fraction of sp³-hybridized carbons (Fsp3) is 0.562. The van der Waals surface area contributed by atoms with Crippen molar-refractivity contribution in [1.82, 2.24) is 4.90 Å². The lowest BCUT2D eigenvalue weighted by Crippen LogP contribution is -2.48. The first-order valence-corrected chi connectivity index (χ1v) is 7.38. The van der Waals surface area contributed by atoms with E-state index in [2.05, 4.69) is 9.80 Å². The van der Waals surface area contributed by atoms with Crippen LogP contribution in [0.2, 0.25) is 0 Å². The van der Waals surface area contributed by atoms with Crippen molar-refractivity contribution in [3.05, 3.63) is 24.3 Å². The summed E-state index contributed by atoms with van der Waals surface area (Å²) in [5, 5.41) is 0. The number of hydrogen-bond donors (Lipinski definition) is 1. The van der Waals surface area contributed by atoms with Crippen molar-refractivity contribution in [1.29, 1.82) is 0 Å². The first-order chi connectivity index (χ1) is 9.83. The summed E-state index contributed by atoms with van der Waals surface area (Å²) in [6.45, 7) is 9.59. The minimum absolute atomic E-state index is 0.150. The number of hydrogen-bond acceptors (Lipinski definition) is 5. The molecule has 1 aliphatic heterocycles. The van der Waals surface area contributed by atoms with Crippen molar-refractivity contribution in [3.8, 4) is 0 Å². The van der Waals surface area contributed by atoms with E-state index in [1.165, 1.54) is 5.69 Å². The Balaban J connectivity index is 1.80. The zero-order valence-electron chi connectivity index (χ0n) is 13.1. The van der Waals surface area contributed by atoms with Crippen LogP contribution in [0.15, 0.2) is 24.3 Å². The van der Waals surface area contributed by atoms with Crippen LogP contribution in [-0.4, -0.2) is 49.2 Å². The van der Waals surface area contributed by atoms with Crippen molar-refractivity contribution in [2.24, 2.45) is 0 Å². The molecule has 0 saturated carbocycles. The average Bonchev–Trinajstić information content (AvgIpc) is 2.38. The second-order valence-electron chi connectivity index (χ2n) is 6.44. The normalized spacial score (nSPS) is 16.8. The Hall–Kier alpha value is -1.75. The lowest BCUT2D eigenvalue weighted by atomic mass is 10.2. The van der Waals surface area contributed by atoms with Crippen LogP contribution >= 0.6 is 0 Å². The number of anilines is 2. The van der Waals surface area contributed by atoms with Crippen molar-refractivity contribution >= 4 is 17.3 Å². The molecule has 0 atom stereocenters. The van der Waals surface area contributed by atoms with Crippen molar-refractivity contribution in [2.75, 3.05) is 43.4 Å². The van der Waals surface area contributed by atoms with E-state index in [0.29, 0.717) is 6.54 Å². The van der Waals surface area contributed by atoms with E-state index in [1.54, 1.807) is 0 Å². The lowest BCUT2D eigenvalue weighted by Gasteiger charge is -2.36. The Morgan fingerprint density at radius 2 is 1.71 bits per heavy atom. The SMILES string of the molecule is CC(C)(C)OC(=O)CN1CCN(c2ccc(N)cc2)CC1. The number of ether oxygens (including phenoxy) is 1. The van der Waals surface area contributed by atoms with Gasteiger partial charge in [0.15, 0.2) is 0 Å². The van der Waals surface area contributed by atoms with Gasteiger partial charge in [0.25, 0.3) is 0 Å². The predicted octanol–water partition coefficient (Wildman–Crippen LogP) is 1.73. The molecule has 0 aromatic heterocycles. The predicted molar refractivity (Wildman–Crippen MR) is 85.4 cm³/mol. The molecule has 0 radical (unpaired) electrons. The molecule has 1 fully saturated rings. The Bertz CT molecular complexity index is 471. The van der Waals surface area contributed by atoms with Gasteiger partial charge in [-0.05, 0) is 45.0 Å². The molecule has 1 aromatic carbocycles. The molecule has 5 nitrogen and oxygen atoms in total. The number of benzene rings is 1. The molecule has 0 bridgehead atoms. The molecular formula is C16H25N3O2. The van der Waals surface area contributed by atoms with Crippen molar-refractivity contribution in [3.63, 3.8) is 0 Å². The summed E-state index contributed by atoms with van der Waals surface area (Å²) in [4.78, 5) is 16.3. The van der Waals surface area contributed by atoms with Gasteiger partial charge in [-0.25, -0.2) is 0 Å². The first-order valence-electron chi connectivity index (χ1n) is 7.38. The average molecular weight is 291 g/mol. The topological polar surface area (TPSA) is 58.8 Å². The molecule has 2 N–H and O–H groups in total. The highest BCUT2D eigenvalue weighted by Gasteiger charge is 2.22. The van der Waals surface area contributed by atoms with Crippen LogP contribution in [0.3, 0.4) is 0 Å². The zero-order valence-corrected chi connectivity index (χ0v) is 13.1. The van der Waals surface area contributed by atoms with E-state index >= 15 is 0 Å². The largest absolute Gasteiger partial charge is 0.459 e. The van der Waals surface area contributed by atoms with Crippen molar-refractivity contribution in [2.45, 2.75) is 26.4 Å². The number of carbonyl (C=O) groups excluding carboxylic acids is 1. The van der Waals surface area contributed by atoms with Crippen LogP contribution in [-0.2, 0) is 9.53 Å². The van der Waals surface area contributed by atoms with E-state index in [-0.39, 0.29) is 5.97 Å². The van der Waals surface area contributed by atoms with Gasteiger partial charge in [-0.3, -0.25) is 9.69 Å². The van der Waals surface area contributed by atoms with Gasteiger partial charge in [0.1, 0.15) is 5.60 Å². The molecule has 1 heterocycles. The van der Waals surface area contributed by atoms with Crippen LogP contribution in [0.5, 0.6) is 0 Å². The standard InChI is InChI=1S/C16H25N3O2/c1-16(2,3)21-15(20)12-18-8-10-19(11-9-18)14-6-4-13(17)5-7-14/h4-7H,8-12,17H2,1-3H3. The first kappa shape index (κ1) is 15.6. The minimum atomic E-state index is -0.414. The number of rotatable bonds is 3. The highest BCUT2D eigenvalue weighted by atomic mass is 16.6. The molecule has 0 aliphatic carbocycles. The molecule has 0 spiro atoms. The molecule has 2 rings (SSSR count). The molecule has 116 valence electrons. The molecule has 5 heteroatoms. The molecule has 21 heavy (non-hydrogen) atoms. The summed E-state index contributed by atoms with van der Waals surface area (Å²) >= 11 is 0. The summed E-state index contributed by atoms with van der Waals surface area (Å²) in [7, 11) is 0. The van der Waals surface area contributed by atoms with Gasteiger partial charge >= 0.3 is 5.97 Å². The molecule has 1 aliphatic rings. The number of carbonyl (C=O) groups is 1. The Labute approximate surface area is 126 Å². The Morgan fingerprint density at radius 1 is 1.14 bits per heavy atom. The maximum atomic E-state index is 11.8. The van der Waals surface area contributed by atoms with Gasteiger partial charge in [-0.2, -0.15) is 0 Å². The second kappa shape index (κ2) is 6.35. The monoisotopic (exact) mass is 291 g/mol. The fourth-order valence-electron chi connectivity index (χ4n) is 2.41. The van der Waals surface area contributed by atoms with Crippen LogP contribution in [0.1, 0.15) is 20.8 Å². The third-order valence-corrected chi connectivity index (χ3v) is 3.40. The van der Waals surface area contributed by atoms with Crippen LogP contribution in [0.4, 0.5) is 11.4 Å². The highest BCUT2D eigenvalue weighted by molar-refractivity contribution is 5.72. The van der Waals surface area contributed by atoms with E-state index in [0.717, 1.165) is 31.9 Å². The smallest absolute Gasteiger partial charge is 0.320 e. The maximum absolute atomic E-state index is 11.8. The van der Waals surface area contributed by atoms with Gasteiger partial charge < -0.3 is 15.4 Å². The quantitative estimate of drug-likeness (QED) is 0.679. The van der Waals surface area contributed by atoms with E-state index in [9.17, 15) is 4.79 Å². The lowest BCUT2D eigenvalue weighted by molar-refractivity contribution is -0.156. The van der Waals surface area contributed by atoms with Gasteiger partial charge in [-0.1, -0.05) is 0 Å². The minimum Gasteiger partial charge on any atom is -0.459 e. The number of nitrogens with two attached hydrogens (primary N) is 1. The summed E-state index contributed by atoms with van der Waals surface area (Å²) in [6.07, 6.45) is 0. The molecule has 1 aromatic rings. The number of nitrogen functional groups attached to an aromatic ring is 1. The van der Waals surface area contributed by atoms with Gasteiger partial charge in [-0.15, -0.1) is 0 Å². The second-order valence-corrected chi connectivity index (χ2v) is 6.44. The maximum Gasteiger partial charge on any atom is 0.320 e. The molecule has 0 amide bonds. The van der Waals surface area contributed by atoms with Crippen LogP contribution in [0, 0.1) is 0 Å². The van der Waals surface area contributed by atoms with Crippen molar-refractivity contribution < 1.29 is 9.53 Å². The third-order valence-electron chi connectivity index (χ3n) is 3.40. The van der Waals surface area contributed by atoms with E-state index in [1.807, 2.05) is 45.0 Å². The number of esters is 1. The van der Waals surface area contributed by atoms with Gasteiger partial charge in [0.05, 0.1) is 6.54 Å². The summed E-state index contributed by atoms with van der Waals surface area (Å²) in [5.74, 6) is -0.150. The summed E-state index contributed by atoms with van der Waals surface area (Å²) in [6, 6.07) is 7.92. The molecule has 0 unspecified atom stereocenters.